The van der Waals surface area contributed by atoms with Gasteiger partial charge >= 0.3 is 6.18 Å². The first-order valence-electron chi connectivity index (χ1n) is 5.59. The highest BCUT2D eigenvalue weighted by atomic mass is 19.4. The van der Waals surface area contributed by atoms with E-state index in [1.165, 1.54) is 16.9 Å². The van der Waals surface area contributed by atoms with E-state index >= 15 is 0 Å². The van der Waals surface area contributed by atoms with Gasteiger partial charge in [0.15, 0.2) is 0 Å². The van der Waals surface area contributed by atoms with Crippen LogP contribution in [0.1, 0.15) is 16.7 Å². The van der Waals surface area contributed by atoms with Gasteiger partial charge < -0.3 is 5.11 Å². The highest BCUT2D eigenvalue weighted by Gasteiger charge is 2.36. The molecule has 0 aliphatic heterocycles. The second-order valence-electron chi connectivity index (χ2n) is 4.33. The summed E-state index contributed by atoms with van der Waals surface area (Å²) >= 11 is 0. The molecule has 0 fully saturated rings. The first-order valence-corrected chi connectivity index (χ1v) is 5.59. The van der Waals surface area contributed by atoms with Crippen molar-refractivity contribution in [1.82, 2.24) is 9.78 Å². The van der Waals surface area contributed by atoms with Gasteiger partial charge in [-0.15, -0.1) is 0 Å². The number of phenols is 1. The molecule has 2 rings (SSSR count). The van der Waals surface area contributed by atoms with Gasteiger partial charge in [-0.25, -0.2) is 0 Å². The number of halogens is 3. The van der Waals surface area contributed by atoms with Crippen LogP contribution in [0.4, 0.5) is 13.2 Å². The van der Waals surface area contributed by atoms with Gasteiger partial charge in [-0.1, -0.05) is 0 Å². The fourth-order valence-corrected chi connectivity index (χ4v) is 2.03. The maximum atomic E-state index is 12.9. The minimum absolute atomic E-state index is 0.0612. The van der Waals surface area contributed by atoms with Crippen LogP contribution in [0.15, 0.2) is 18.3 Å². The molecule has 0 amide bonds. The molecule has 0 bridgehead atoms. The van der Waals surface area contributed by atoms with Crippen molar-refractivity contribution in [1.29, 1.82) is 5.26 Å². The van der Waals surface area contributed by atoms with Gasteiger partial charge in [-0.05, 0) is 24.6 Å². The Labute approximate surface area is 112 Å². The molecule has 0 saturated heterocycles. The Morgan fingerprint density at radius 3 is 2.45 bits per heavy atom. The van der Waals surface area contributed by atoms with Crippen LogP contribution in [0.3, 0.4) is 0 Å². The van der Waals surface area contributed by atoms with Crippen LogP contribution < -0.4 is 0 Å². The number of alkyl halides is 3. The maximum absolute atomic E-state index is 12.9. The van der Waals surface area contributed by atoms with E-state index in [-0.39, 0.29) is 11.1 Å². The van der Waals surface area contributed by atoms with Crippen molar-refractivity contribution in [3.05, 3.63) is 35.0 Å². The molecule has 7 heteroatoms. The van der Waals surface area contributed by atoms with Crippen molar-refractivity contribution in [2.45, 2.75) is 13.1 Å². The van der Waals surface area contributed by atoms with Crippen molar-refractivity contribution in [3.8, 4) is 23.1 Å². The highest BCUT2D eigenvalue weighted by molar-refractivity contribution is 5.73. The lowest BCUT2D eigenvalue weighted by atomic mass is 10.00. The minimum atomic E-state index is -4.74. The average molecular weight is 281 g/mol. The molecule has 0 unspecified atom stereocenters. The van der Waals surface area contributed by atoms with Gasteiger partial charge in [0.25, 0.3) is 0 Å². The lowest BCUT2D eigenvalue weighted by Crippen LogP contribution is -2.07. The molecule has 1 aromatic carbocycles. The topological polar surface area (TPSA) is 61.8 Å². The van der Waals surface area contributed by atoms with E-state index in [1.807, 2.05) is 0 Å². The molecule has 0 radical (unpaired) electrons. The van der Waals surface area contributed by atoms with Crippen LogP contribution in [0, 0.1) is 18.3 Å². The minimum Gasteiger partial charge on any atom is -0.507 e. The molecule has 0 saturated carbocycles. The molecule has 1 heterocycles. The Morgan fingerprint density at radius 1 is 1.35 bits per heavy atom. The largest absolute Gasteiger partial charge is 0.507 e. The highest BCUT2D eigenvalue weighted by Crippen LogP contribution is 2.42. The number of aryl methyl sites for hydroxylation is 2. The summed E-state index contributed by atoms with van der Waals surface area (Å²) in [6.07, 6.45) is -3.26. The number of aromatic nitrogens is 2. The monoisotopic (exact) mass is 281 g/mol. The molecular weight excluding hydrogens is 271 g/mol. The maximum Gasteiger partial charge on any atom is 0.420 e. The molecule has 1 aromatic heterocycles. The van der Waals surface area contributed by atoms with E-state index < -0.39 is 17.5 Å². The zero-order valence-corrected chi connectivity index (χ0v) is 10.7. The number of aromatic hydroxyl groups is 1. The fraction of sp³-hybridized carbons (Fsp3) is 0.231. The van der Waals surface area contributed by atoms with E-state index in [2.05, 4.69) is 5.10 Å². The summed E-state index contributed by atoms with van der Waals surface area (Å²) in [5, 5.41) is 22.7. The van der Waals surface area contributed by atoms with E-state index in [9.17, 15) is 18.3 Å². The summed E-state index contributed by atoms with van der Waals surface area (Å²) in [6.45, 7) is 1.66. The van der Waals surface area contributed by atoms with Gasteiger partial charge in [0.1, 0.15) is 5.75 Å². The SMILES string of the molecule is Cc1cnn(C)c1-c1cc(C#N)cc(C(F)(F)F)c1O. The normalized spacial score (nSPS) is 11.4. The van der Waals surface area contributed by atoms with Crippen molar-refractivity contribution in [2.24, 2.45) is 7.05 Å². The third-order valence-corrected chi connectivity index (χ3v) is 2.92. The lowest BCUT2D eigenvalue weighted by Gasteiger charge is -2.14. The van der Waals surface area contributed by atoms with E-state index in [0.29, 0.717) is 17.3 Å². The first-order chi connectivity index (χ1) is 9.25. The fourth-order valence-electron chi connectivity index (χ4n) is 2.03. The van der Waals surface area contributed by atoms with Gasteiger partial charge in [-0.2, -0.15) is 23.5 Å². The molecule has 4 nitrogen and oxygen atoms in total. The predicted molar refractivity (Wildman–Crippen MR) is 64.8 cm³/mol. The Hall–Kier alpha value is -2.49. The molecule has 0 aliphatic carbocycles. The first kappa shape index (κ1) is 13.9. The van der Waals surface area contributed by atoms with Crippen LogP contribution in [0.2, 0.25) is 0 Å². The molecule has 104 valence electrons. The standard InChI is InChI=1S/C13H10F3N3O/c1-7-6-18-19(2)11(7)9-3-8(5-17)4-10(12(9)20)13(14,15)16/h3-4,6,20H,1-2H3. The van der Waals surface area contributed by atoms with Crippen LogP contribution in [-0.4, -0.2) is 14.9 Å². The Balaban J connectivity index is 2.81. The number of benzene rings is 1. The average Bonchev–Trinajstić information content (AvgIpc) is 2.68. The summed E-state index contributed by atoms with van der Waals surface area (Å²) in [5.74, 6) is -0.900. The quantitative estimate of drug-likeness (QED) is 0.874. The van der Waals surface area contributed by atoms with Crippen molar-refractivity contribution in [3.63, 3.8) is 0 Å². The van der Waals surface area contributed by atoms with Crippen molar-refractivity contribution < 1.29 is 18.3 Å². The van der Waals surface area contributed by atoms with Gasteiger partial charge in [-0.3, -0.25) is 4.68 Å². The zero-order chi connectivity index (χ0) is 15.1. The molecular formula is C13H10F3N3O. The molecule has 0 atom stereocenters. The number of rotatable bonds is 1. The van der Waals surface area contributed by atoms with Crippen LogP contribution >= 0.6 is 0 Å². The van der Waals surface area contributed by atoms with Crippen molar-refractivity contribution >= 4 is 0 Å². The number of phenolic OH excluding ortho intramolecular Hbond substituents is 1. The lowest BCUT2D eigenvalue weighted by molar-refractivity contribution is -0.138. The van der Waals surface area contributed by atoms with Crippen LogP contribution in [0.5, 0.6) is 5.75 Å². The third kappa shape index (κ3) is 2.20. The molecule has 0 aliphatic rings. The Bertz CT molecular complexity index is 691. The van der Waals surface area contributed by atoms with Gasteiger partial charge in [0.05, 0.1) is 29.1 Å². The smallest absolute Gasteiger partial charge is 0.420 e. The second-order valence-corrected chi connectivity index (χ2v) is 4.33. The Kier molecular flexibility index (Phi) is 3.18. The number of nitriles is 1. The Morgan fingerprint density at radius 2 is 2.00 bits per heavy atom. The predicted octanol–water partition coefficient (Wildman–Crippen LogP) is 2.99. The van der Waals surface area contributed by atoms with Crippen molar-refractivity contribution in [2.75, 3.05) is 0 Å². The number of nitrogens with zero attached hydrogens (tertiary/aromatic N) is 3. The summed E-state index contributed by atoms with van der Waals surface area (Å²) < 4.78 is 40.0. The molecule has 1 N–H and O–H groups in total. The van der Waals surface area contributed by atoms with Gasteiger partial charge in [0.2, 0.25) is 0 Å². The van der Waals surface area contributed by atoms with Crippen LogP contribution in [-0.2, 0) is 13.2 Å². The van der Waals surface area contributed by atoms with Crippen LogP contribution in [0.25, 0.3) is 11.3 Å². The van der Waals surface area contributed by atoms with E-state index in [1.54, 1.807) is 20.0 Å². The summed E-state index contributed by atoms with van der Waals surface area (Å²) in [5.41, 5.74) is -0.525. The molecule has 0 spiro atoms. The third-order valence-electron chi connectivity index (χ3n) is 2.92. The van der Waals surface area contributed by atoms with E-state index in [4.69, 9.17) is 5.26 Å². The summed E-state index contributed by atoms with van der Waals surface area (Å²) in [4.78, 5) is 0. The second kappa shape index (κ2) is 4.56. The van der Waals surface area contributed by atoms with E-state index in [0.717, 1.165) is 0 Å². The van der Waals surface area contributed by atoms with Gasteiger partial charge in [0, 0.05) is 12.6 Å². The molecule has 2 aromatic rings. The summed E-state index contributed by atoms with van der Waals surface area (Å²) in [7, 11) is 1.55. The molecule has 20 heavy (non-hydrogen) atoms. The number of hydrogen-bond donors (Lipinski definition) is 1. The number of hydrogen-bond acceptors (Lipinski definition) is 3. The zero-order valence-electron chi connectivity index (χ0n) is 10.7. The summed E-state index contributed by atoms with van der Waals surface area (Å²) in [6, 6.07) is 3.51.